The highest BCUT2D eigenvalue weighted by atomic mass is 35.5. The molecular formula is C21H20ClN3O5. The largest absolute Gasteiger partial charge is 0.489 e. The predicted molar refractivity (Wildman–Crippen MR) is 112 cm³/mol. The second-order valence-corrected chi connectivity index (χ2v) is 7.24. The summed E-state index contributed by atoms with van der Waals surface area (Å²) < 4.78 is 5.72. The summed E-state index contributed by atoms with van der Waals surface area (Å²) in [6, 6.07) is 10.2. The monoisotopic (exact) mass is 429 g/mol. The molecule has 1 fully saturated rings. The number of nitro groups is 1. The first-order valence-corrected chi connectivity index (χ1v) is 9.70. The van der Waals surface area contributed by atoms with Gasteiger partial charge >= 0.3 is 6.03 Å². The summed E-state index contributed by atoms with van der Waals surface area (Å²) >= 11 is 6.27. The number of nitro benzene ring substituents is 1. The zero-order chi connectivity index (χ0) is 21.8. The Morgan fingerprint density at radius 2 is 1.93 bits per heavy atom. The number of imide groups is 1. The molecule has 30 heavy (non-hydrogen) atoms. The van der Waals surface area contributed by atoms with Gasteiger partial charge in [-0.05, 0) is 42.7 Å². The number of carbonyl (C=O) groups excluding carboxylic acids is 2. The van der Waals surface area contributed by atoms with Crippen LogP contribution in [0.2, 0.25) is 5.02 Å². The van der Waals surface area contributed by atoms with E-state index in [1.54, 1.807) is 18.2 Å². The van der Waals surface area contributed by atoms with Gasteiger partial charge in [0.25, 0.3) is 11.6 Å². The van der Waals surface area contributed by atoms with Gasteiger partial charge < -0.3 is 10.1 Å². The standard InChI is InChI=1S/C21H20ClN3O5/c1-3-13(2)30-19-9-6-15(10-17(19)22)11-18-20(26)24(21(27)23-18)12-14-4-7-16(8-5-14)25(28)29/h4-11,13H,3,12H2,1-2H3,(H,23,27)/b18-11+/t13-/m1/s1. The number of rotatable bonds is 7. The van der Waals surface area contributed by atoms with E-state index >= 15 is 0 Å². The maximum Gasteiger partial charge on any atom is 0.329 e. The molecule has 1 aliphatic heterocycles. The van der Waals surface area contributed by atoms with Crippen LogP contribution < -0.4 is 10.1 Å². The molecule has 1 aliphatic rings. The number of halogens is 1. The van der Waals surface area contributed by atoms with Gasteiger partial charge in [-0.3, -0.25) is 19.8 Å². The second-order valence-electron chi connectivity index (χ2n) is 6.83. The molecule has 1 saturated heterocycles. The van der Waals surface area contributed by atoms with Crippen LogP contribution in [0.15, 0.2) is 48.2 Å². The molecule has 1 N–H and O–H groups in total. The van der Waals surface area contributed by atoms with Gasteiger partial charge in [-0.2, -0.15) is 0 Å². The van der Waals surface area contributed by atoms with Crippen molar-refractivity contribution in [3.05, 3.63) is 74.4 Å². The lowest BCUT2D eigenvalue weighted by molar-refractivity contribution is -0.384. The van der Waals surface area contributed by atoms with Crippen LogP contribution in [0.1, 0.15) is 31.4 Å². The molecule has 2 aromatic rings. The van der Waals surface area contributed by atoms with Gasteiger partial charge in [0.05, 0.1) is 22.6 Å². The van der Waals surface area contributed by atoms with Gasteiger partial charge in [0.2, 0.25) is 0 Å². The number of non-ortho nitro benzene ring substituents is 1. The van der Waals surface area contributed by atoms with E-state index in [1.807, 2.05) is 13.8 Å². The van der Waals surface area contributed by atoms with Crippen LogP contribution in [0, 0.1) is 10.1 Å². The highest BCUT2D eigenvalue weighted by molar-refractivity contribution is 6.32. The Hall–Kier alpha value is -3.39. The van der Waals surface area contributed by atoms with Crippen molar-refractivity contribution in [2.45, 2.75) is 32.9 Å². The Morgan fingerprint density at radius 3 is 2.53 bits per heavy atom. The van der Waals surface area contributed by atoms with E-state index in [0.29, 0.717) is 21.9 Å². The Kier molecular flexibility index (Phi) is 6.37. The molecule has 1 atom stereocenters. The molecule has 1 heterocycles. The maximum atomic E-state index is 12.6. The highest BCUT2D eigenvalue weighted by Crippen LogP contribution is 2.28. The van der Waals surface area contributed by atoms with Crippen LogP contribution >= 0.6 is 11.6 Å². The fourth-order valence-corrected chi connectivity index (χ4v) is 3.02. The first-order chi connectivity index (χ1) is 14.3. The quantitative estimate of drug-likeness (QED) is 0.302. The summed E-state index contributed by atoms with van der Waals surface area (Å²) in [5.74, 6) is 0.0594. The fourth-order valence-electron chi connectivity index (χ4n) is 2.79. The van der Waals surface area contributed by atoms with Gasteiger partial charge in [-0.1, -0.05) is 36.7 Å². The Balaban J connectivity index is 1.74. The van der Waals surface area contributed by atoms with Crippen LogP contribution in [-0.4, -0.2) is 27.9 Å². The van der Waals surface area contributed by atoms with Crippen molar-refractivity contribution >= 4 is 35.3 Å². The molecule has 9 heteroatoms. The van der Waals surface area contributed by atoms with Gasteiger partial charge in [-0.25, -0.2) is 4.79 Å². The average Bonchev–Trinajstić information content (AvgIpc) is 2.97. The first kappa shape index (κ1) is 21.3. The zero-order valence-corrected chi connectivity index (χ0v) is 17.2. The number of ether oxygens (including phenoxy) is 1. The first-order valence-electron chi connectivity index (χ1n) is 9.32. The lowest BCUT2D eigenvalue weighted by Crippen LogP contribution is -2.30. The SMILES string of the molecule is CC[C@@H](C)Oc1ccc(/C=C2/NC(=O)N(Cc3ccc([N+](=O)[O-])cc3)C2=O)cc1Cl. The molecule has 3 amide bonds. The molecule has 0 bridgehead atoms. The van der Waals surface area contributed by atoms with Gasteiger partial charge in [0.15, 0.2) is 0 Å². The molecular weight excluding hydrogens is 410 g/mol. The summed E-state index contributed by atoms with van der Waals surface area (Å²) in [7, 11) is 0. The topological polar surface area (TPSA) is 102 Å². The van der Waals surface area contributed by atoms with Crippen LogP contribution in [0.5, 0.6) is 5.75 Å². The fraction of sp³-hybridized carbons (Fsp3) is 0.238. The van der Waals surface area contributed by atoms with Gasteiger partial charge in [0.1, 0.15) is 11.4 Å². The lowest BCUT2D eigenvalue weighted by atomic mass is 10.1. The highest BCUT2D eigenvalue weighted by Gasteiger charge is 2.33. The van der Waals surface area contributed by atoms with Crippen LogP contribution in [0.3, 0.4) is 0 Å². The van der Waals surface area contributed by atoms with Crippen molar-refractivity contribution in [3.8, 4) is 5.75 Å². The number of carbonyl (C=O) groups is 2. The number of hydrogen-bond acceptors (Lipinski definition) is 5. The molecule has 0 unspecified atom stereocenters. The minimum atomic E-state index is -0.563. The Bertz CT molecular complexity index is 1020. The summed E-state index contributed by atoms with van der Waals surface area (Å²) in [5, 5.41) is 13.7. The summed E-state index contributed by atoms with van der Waals surface area (Å²) in [5.41, 5.74) is 1.29. The summed E-state index contributed by atoms with van der Waals surface area (Å²) in [6.07, 6.45) is 2.40. The molecule has 0 saturated carbocycles. The third-order valence-corrected chi connectivity index (χ3v) is 4.92. The predicted octanol–water partition coefficient (Wildman–Crippen LogP) is 4.52. The van der Waals surface area contributed by atoms with E-state index in [-0.39, 0.29) is 24.0 Å². The molecule has 2 aromatic carbocycles. The zero-order valence-electron chi connectivity index (χ0n) is 16.4. The number of benzene rings is 2. The van der Waals surface area contributed by atoms with Gasteiger partial charge in [0, 0.05) is 12.1 Å². The van der Waals surface area contributed by atoms with E-state index in [1.165, 1.54) is 30.3 Å². The van der Waals surface area contributed by atoms with Crippen molar-refractivity contribution < 1.29 is 19.2 Å². The number of nitrogens with zero attached hydrogens (tertiary/aromatic N) is 2. The molecule has 0 radical (unpaired) electrons. The minimum absolute atomic E-state index is 0.00242. The Labute approximate surface area is 178 Å². The van der Waals surface area contributed by atoms with Crippen LogP contribution in [0.4, 0.5) is 10.5 Å². The van der Waals surface area contributed by atoms with Crippen molar-refractivity contribution in [2.75, 3.05) is 0 Å². The molecule has 0 aliphatic carbocycles. The maximum absolute atomic E-state index is 12.6. The molecule has 156 valence electrons. The van der Waals surface area contributed by atoms with Crippen LogP contribution in [-0.2, 0) is 11.3 Å². The summed E-state index contributed by atoms with van der Waals surface area (Å²) in [6.45, 7) is 3.95. The molecule has 0 spiro atoms. The van der Waals surface area contributed by atoms with Crippen molar-refractivity contribution in [3.63, 3.8) is 0 Å². The summed E-state index contributed by atoms with van der Waals surface area (Å²) in [4.78, 5) is 36.2. The second kappa shape index (κ2) is 8.96. The van der Waals surface area contributed by atoms with E-state index in [2.05, 4.69) is 5.32 Å². The third-order valence-electron chi connectivity index (χ3n) is 4.62. The minimum Gasteiger partial charge on any atom is -0.489 e. The average molecular weight is 430 g/mol. The molecule has 0 aromatic heterocycles. The number of hydrogen-bond donors (Lipinski definition) is 1. The van der Waals surface area contributed by atoms with Crippen molar-refractivity contribution in [1.29, 1.82) is 0 Å². The van der Waals surface area contributed by atoms with Gasteiger partial charge in [-0.15, -0.1) is 0 Å². The smallest absolute Gasteiger partial charge is 0.329 e. The lowest BCUT2D eigenvalue weighted by Gasteiger charge is -2.14. The normalized spacial score (nSPS) is 16.0. The van der Waals surface area contributed by atoms with E-state index in [4.69, 9.17) is 16.3 Å². The Morgan fingerprint density at radius 1 is 1.23 bits per heavy atom. The number of urea groups is 1. The third kappa shape index (κ3) is 4.77. The van der Waals surface area contributed by atoms with E-state index < -0.39 is 16.9 Å². The molecule has 3 rings (SSSR count). The van der Waals surface area contributed by atoms with E-state index in [0.717, 1.165) is 11.3 Å². The van der Waals surface area contributed by atoms with Crippen molar-refractivity contribution in [1.82, 2.24) is 10.2 Å². The van der Waals surface area contributed by atoms with Crippen molar-refractivity contribution in [2.24, 2.45) is 0 Å². The number of amides is 3. The van der Waals surface area contributed by atoms with Crippen LogP contribution in [0.25, 0.3) is 6.08 Å². The van der Waals surface area contributed by atoms with E-state index in [9.17, 15) is 19.7 Å². The molecule has 8 nitrogen and oxygen atoms in total. The number of nitrogens with one attached hydrogen (secondary N) is 1.